The number of nitrogens with one attached hydrogen (secondary N) is 2. The van der Waals surface area contributed by atoms with E-state index in [2.05, 4.69) is 26.6 Å². The van der Waals surface area contributed by atoms with E-state index in [1.54, 1.807) is 37.8 Å². The number of nitrogens with zero attached hydrogens (tertiary/aromatic N) is 1. The van der Waals surface area contributed by atoms with E-state index in [-0.39, 0.29) is 19.0 Å². The highest BCUT2D eigenvalue weighted by Crippen LogP contribution is 2.31. The number of fused-ring (bicyclic) bond motifs is 1. The monoisotopic (exact) mass is 601 g/mol. The summed E-state index contributed by atoms with van der Waals surface area (Å²) in [6.07, 6.45) is -0.399. The van der Waals surface area contributed by atoms with E-state index in [1.807, 2.05) is 48.5 Å². The Morgan fingerprint density at radius 1 is 1.11 bits per heavy atom. The lowest BCUT2D eigenvalue weighted by Crippen LogP contribution is -2.49. The fraction of sp³-hybridized carbons (Fsp3) is 0.310. The average Bonchev–Trinajstić information content (AvgIpc) is 2.84. The number of halogens is 3. The summed E-state index contributed by atoms with van der Waals surface area (Å²) in [4.78, 5) is 27.9. The van der Waals surface area contributed by atoms with Crippen LogP contribution in [0.5, 0.6) is 0 Å². The van der Waals surface area contributed by atoms with E-state index in [4.69, 9.17) is 16.3 Å². The predicted octanol–water partition coefficient (Wildman–Crippen LogP) is 7.32. The normalized spacial score (nSPS) is 15.8. The molecule has 9 heteroatoms. The highest BCUT2D eigenvalue weighted by molar-refractivity contribution is 9.10. The van der Waals surface area contributed by atoms with E-state index in [9.17, 15) is 14.0 Å². The molecule has 0 saturated heterocycles. The van der Waals surface area contributed by atoms with Gasteiger partial charge in [0.05, 0.1) is 12.1 Å². The van der Waals surface area contributed by atoms with Crippen LogP contribution in [0.4, 0.5) is 14.0 Å². The molecule has 3 amide bonds. The number of hydrogen-bond donors (Lipinski definition) is 2. The quantitative estimate of drug-likeness (QED) is 0.322. The number of rotatable bonds is 5. The minimum Gasteiger partial charge on any atom is -0.444 e. The van der Waals surface area contributed by atoms with Gasteiger partial charge in [0.25, 0.3) is 0 Å². The van der Waals surface area contributed by atoms with Crippen LogP contribution < -0.4 is 10.6 Å². The summed E-state index contributed by atoms with van der Waals surface area (Å²) in [5.41, 5.74) is 2.32. The molecule has 200 valence electrons. The topological polar surface area (TPSA) is 70.7 Å². The Kier molecular flexibility index (Phi) is 8.63. The minimum absolute atomic E-state index is 0.157. The molecule has 1 aliphatic heterocycles. The zero-order chi connectivity index (χ0) is 27.4. The van der Waals surface area contributed by atoms with Crippen LogP contribution in [-0.2, 0) is 17.7 Å². The summed E-state index contributed by atoms with van der Waals surface area (Å²) in [5.74, 6) is -0.433. The largest absolute Gasteiger partial charge is 0.444 e. The predicted molar refractivity (Wildman–Crippen MR) is 149 cm³/mol. The zero-order valence-electron chi connectivity index (χ0n) is 21.4. The van der Waals surface area contributed by atoms with Crippen molar-refractivity contribution in [2.75, 3.05) is 6.54 Å². The molecular weight excluding hydrogens is 573 g/mol. The summed E-state index contributed by atoms with van der Waals surface area (Å²) >= 11 is 9.89. The zero-order valence-corrected chi connectivity index (χ0v) is 23.8. The van der Waals surface area contributed by atoms with Crippen LogP contribution in [0, 0.1) is 5.82 Å². The number of alkyl carbamates (subject to hydrolysis) is 1. The van der Waals surface area contributed by atoms with Gasteiger partial charge in [-0.05, 0) is 55.7 Å². The number of benzene rings is 3. The van der Waals surface area contributed by atoms with Crippen LogP contribution in [0.3, 0.4) is 0 Å². The van der Waals surface area contributed by atoms with Gasteiger partial charge in [-0.1, -0.05) is 76.1 Å². The lowest BCUT2D eigenvalue weighted by atomic mass is 9.95. The van der Waals surface area contributed by atoms with Gasteiger partial charge in [-0.15, -0.1) is 0 Å². The molecule has 3 aromatic rings. The Morgan fingerprint density at radius 3 is 2.53 bits per heavy atom. The number of carbonyl (C=O) groups excluding carboxylic acids is 2. The molecule has 0 fully saturated rings. The van der Waals surface area contributed by atoms with Gasteiger partial charge in [-0.3, -0.25) is 0 Å². The molecular formula is C29H30BrClFN3O3. The molecule has 0 aliphatic carbocycles. The first-order chi connectivity index (χ1) is 18.0. The molecule has 0 bridgehead atoms. The van der Waals surface area contributed by atoms with Gasteiger partial charge in [-0.25, -0.2) is 14.0 Å². The first-order valence-corrected chi connectivity index (χ1v) is 13.5. The van der Waals surface area contributed by atoms with Crippen molar-refractivity contribution in [1.82, 2.24) is 15.5 Å². The minimum atomic E-state index is -0.653. The van der Waals surface area contributed by atoms with Crippen molar-refractivity contribution in [1.29, 1.82) is 0 Å². The molecule has 0 radical (unpaired) electrons. The van der Waals surface area contributed by atoms with Gasteiger partial charge in [0.2, 0.25) is 0 Å². The number of amides is 3. The van der Waals surface area contributed by atoms with E-state index >= 15 is 0 Å². The van der Waals surface area contributed by atoms with Crippen molar-refractivity contribution in [2.24, 2.45) is 0 Å². The van der Waals surface area contributed by atoms with Crippen LogP contribution in [-0.4, -0.2) is 29.2 Å². The van der Waals surface area contributed by atoms with Gasteiger partial charge in [0.1, 0.15) is 11.4 Å². The maximum atomic E-state index is 14.7. The van der Waals surface area contributed by atoms with Crippen LogP contribution in [0.2, 0.25) is 5.02 Å². The molecule has 1 heterocycles. The molecule has 2 atom stereocenters. The Morgan fingerprint density at radius 2 is 1.82 bits per heavy atom. The Hall–Kier alpha value is -3.10. The second-order valence-electron chi connectivity index (χ2n) is 10.2. The second kappa shape index (κ2) is 11.7. The van der Waals surface area contributed by atoms with Crippen molar-refractivity contribution in [3.63, 3.8) is 0 Å². The molecule has 6 nitrogen and oxygen atoms in total. The van der Waals surface area contributed by atoms with Crippen LogP contribution in [0.15, 0.2) is 71.2 Å². The van der Waals surface area contributed by atoms with Crippen LogP contribution in [0.25, 0.3) is 0 Å². The number of hydrogen-bond acceptors (Lipinski definition) is 3. The number of carbonyl (C=O) groups is 2. The fourth-order valence-corrected chi connectivity index (χ4v) is 5.30. The average molecular weight is 603 g/mol. The van der Waals surface area contributed by atoms with Gasteiger partial charge in [0, 0.05) is 34.6 Å². The lowest BCUT2D eigenvalue weighted by molar-refractivity contribution is 0.0487. The summed E-state index contributed by atoms with van der Waals surface area (Å²) < 4.78 is 20.9. The first kappa shape index (κ1) is 27.9. The van der Waals surface area contributed by atoms with E-state index < -0.39 is 29.6 Å². The third-order valence-corrected chi connectivity index (χ3v) is 7.30. The highest BCUT2D eigenvalue weighted by atomic mass is 79.9. The molecule has 4 rings (SSSR count). The second-order valence-corrected chi connectivity index (χ2v) is 11.5. The van der Waals surface area contributed by atoms with Gasteiger partial charge in [-0.2, -0.15) is 0 Å². The van der Waals surface area contributed by atoms with Crippen molar-refractivity contribution >= 4 is 39.7 Å². The van der Waals surface area contributed by atoms with Crippen molar-refractivity contribution < 1.29 is 18.7 Å². The molecule has 1 aliphatic rings. The maximum Gasteiger partial charge on any atom is 0.408 e. The van der Waals surface area contributed by atoms with Crippen LogP contribution >= 0.6 is 27.5 Å². The summed E-state index contributed by atoms with van der Waals surface area (Å²) in [5, 5.41) is 6.28. The first-order valence-electron chi connectivity index (χ1n) is 12.3. The Balaban J connectivity index is 1.59. The lowest BCUT2D eigenvalue weighted by Gasteiger charge is -2.36. The fourth-order valence-electron chi connectivity index (χ4n) is 4.50. The smallest absolute Gasteiger partial charge is 0.408 e. The molecule has 0 spiro atoms. The molecule has 0 aromatic heterocycles. The van der Waals surface area contributed by atoms with Gasteiger partial charge >= 0.3 is 12.1 Å². The SMILES string of the molecule is CC(C)(C)OC(=O)NC1CN(C(=O)NC(Cc2c(F)cccc2Cl)c2ccccc2Br)Cc2ccccc21. The van der Waals surface area contributed by atoms with Crippen LogP contribution in [0.1, 0.15) is 55.1 Å². The number of urea groups is 1. The maximum absolute atomic E-state index is 14.7. The Bertz CT molecular complexity index is 1310. The summed E-state index contributed by atoms with van der Waals surface area (Å²) in [6, 6.07) is 18.3. The highest BCUT2D eigenvalue weighted by Gasteiger charge is 2.32. The Labute approximate surface area is 235 Å². The molecule has 3 aromatic carbocycles. The van der Waals surface area contributed by atoms with Crippen molar-refractivity contribution in [3.05, 3.63) is 104 Å². The van der Waals surface area contributed by atoms with Crippen molar-refractivity contribution in [3.8, 4) is 0 Å². The van der Waals surface area contributed by atoms with E-state index in [0.29, 0.717) is 17.1 Å². The third kappa shape index (κ3) is 6.85. The van der Waals surface area contributed by atoms with Gasteiger partial charge in [0.15, 0.2) is 0 Å². The third-order valence-electron chi connectivity index (χ3n) is 6.22. The van der Waals surface area contributed by atoms with Crippen molar-refractivity contribution in [2.45, 2.75) is 51.4 Å². The van der Waals surface area contributed by atoms with E-state index in [0.717, 1.165) is 21.2 Å². The number of ether oxygens (including phenoxy) is 1. The van der Waals surface area contributed by atoms with E-state index in [1.165, 1.54) is 6.07 Å². The summed E-state index contributed by atoms with van der Waals surface area (Å²) in [7, 11) is 0. The standard InChI is InChI=1S/C29H30BrClFN3O3/c1-29(2,3)38-28(37)34-26-17-35(16-18-9-4-5-10-19(18)26)27(36)33-25(20-11-6-7-12-22(20)30)15-21-23(31)13-8-14-24(21)32/h4-14,25-26H,15-17H2,1-3H3,(H,33,36)(H,34,37). The summed E-state index contributed by atoms with van der Waals surface area (Å²) in [6.45, 7) is 5.99. The van der Waals surface area contributed by atoms with Gasteiger partial charge < -0.3 is 20.3 Å². The molecule has 38 heavy (non-hydrogen) atoms. The molecule has 0 saturated carbocycles. The molecule has 2 N–H and O–H groups in total. The molecule has 2 unspecified atom stereocenters.